The molecule has 27 heavy (non-hydrogen) atoms. The topological polar surface area (TPSA) is 15.7 Å². The molecule has 0 bridgehead atoms. The molecule has 0 saturated carbocycles. The molecule has 2 heterocycles. The predicted molar refractivity (Wildman–Crippen MR) is 112 cm³/mol. The van der Waals surface area contributed by atoms with Crippen molar-refractivity contribution < 1.29 is 4.74 Å². The van der Waals surface area contributed by atoms with E-state index in [0.29, 0.717) is 6.10 Å². The van der Waals surface area contributed by atoms with Crippen LogP contribution < -0.4 is 0 Å². The lowest BCUT2D eigenvalue weighted by Gasteiger charge is -2.38. The number of piperidine rings is 1. The van der Waals surface area contributed by atoms with Crippen molar-refractivity contribution in [2.75, 3.05) is 39.3 Å². The number of rotatable bonds is 7. The number of fused-ring (bicyclic) bond motifs is 1. The SMILES string of the molecule is CC(C)CN(CC1CCN(C2Cc3ccccc3C2)CC1)C[C@@H]1CCCO1. The molecular formula is C24H38N2O. The molecule has 1 atom stereocenters. The van der Waals surface area contributed by atoms with Gasteiger partial charge in [0.1, 0.15) is 0 Å². The van der Waals surface area contributed by atoms with Crippen molar-refractivity contribution in [1.29, 1.82) is 0 Å². The Bertz CT molecular complexity index is 563. The third-order valence-electron chi connectivity index (χ3n) is 6.82. The van der Waals surface area contributed by atoms with Gasteiger partial charge in [-0.15, -0.1) is 0 Å². The monoisotopic (exact) mass is 370 g/mol. The molecule has 3 aliphatic rings. The van der Waals surface area contributed by atoms with Gasteiger partial charge in [0.05, 0.1) is 6.10 Å². The van der Waals surface area contributed by atoms with Crippen LogP contribution in [0.3, 0.4) is 0 Å². The molecule has 0 unspecified atom stereocenters. The summed E-state index contributed by atoms with van der Waals surface area (Å²) in [5.74, 6) is 1.61. The Morgan fingerprint density at radius 3 is 2.33 bits per heavy atom. The minimum absolute atomic E-state index is 0.487. The molecule has 0 radical (unpaired) electrons. The van der Waals surface area contributed by atoms with Crippen molar-refractivity contribution in [3.05, 3.63) is 35.4 Å². The molecule has 1 aromatic rings. The second-order valence-corrected chi connectivity index (χ2v) is 9.56. The minimum Gasteiger partial charge on any atom is -0.377 e. The Balaban J connectivity index is 1.25. The number of benzene rings is 1. The number of likely N-dealkylation sites (tertiary alicyclic amines) is 1. The lowest BCUT2D eigenvalue weighted by molar-refractivity contribution is 0.0528. The fourth-order valence-electron chi connectivity index (χ4n) is 5.48. The van der Waals surface area contributed by atoms with E-state index >= 15 is 0 Å². The molecular weight excluding hydrogens is 332 g/mol. The van der Waals surface area contributed by atoms with E-state index in [1.54, 1.807) is 11.1 Å². The van der Waals surface area contributed by atoms with Crippen LogP contribution in [0.2, 0.25) is 0 Å². The second kappa shape index (κ2) is 9.07. The molecule has 2 fully saturated rings. The van der Waals surface area contributed by atoms with Gasteiger partial charge in [0.15, 0.2) is 0 Å². The molecule has 1 aliphatic carbocycles. The maximum atomic E-state index is 5.92. The fraction of sp³-hybridized carbons (Fsp3) is 0.750. The summed E-state index contributed by atoms with van der Waals surface area (Å²) in [5, 5.41) is 0. The standard InChI is InChI=1S/C24H38N2O/c1-19(2)16-25(18-24-8-5-13-27-24)17-20-9-11-26(12-10-20)23-14-21-6-3-4-7-22(21)15-23/h3-4,6-7,19-20,23-24H,5,8-18H2,1-2H3/t24-/m0/s1. The highest BCUT2D eigenvalue weighted by molar-refractivity contribution is 5.33. The summed E-state index contributed by atoms with van der Waals surface area (Å²) in [7, 11) is 0. The van der Waals surface area contributed by atoms with E-state index in [1.807, 2.05) is 0 Å². The van der Waals surface area contributed by atoms with Gasteiger partial charge in [-0.2, -0.15) is 0 Å². The first kappa shape index (κ1) is 19.4. The van der Waals surface area contributed by atoms with Crippen LogP contribution in [0, 0.1) is 11.8 Å². The summed E-state index contributed by atoms with van der Waals surface area (Å²) >= 11 is 0. The van der Waals surface area contributed by atoms with Crippen LogP contribution in [0.1, 0.15) is 50.7 Å². The maximum Gasteiger partial charge on any atom is 0.0702 e. The van der Waals surface area contributed by atoms with Crippen LogP contribution >= 0.6 is 0 Å². The van der Waals surface area contributed by atoms with Gasteiger partial charge in [-0.3, -0.25) is 4.90 Å². The fourth-order valence-corrected chi connectivity index (χ4v) is 5.48. The molecule has 0 N–H and O–H groups in total. The number of hydrogen-bond donors (Lipinski definition) is 0. The Labute approximate surface area is 166 Å². The Morgan fingerprint density at radius 1 is 1.04 bits per heavy atom. The predicted octanol–water partition coefficient (Wildman–Crippen LogP) is 4.00. The van der Waals surface area contributed by atoms with Gasteiger partial charge >= 0.3 is 0 Å². The van der Waals surface area contributed by atoms with Crippen LogP contribution in [-0.4, -0.2) is 61.3 Å². The lowest BCUT2D eigenvalue weighted by Crippen LogP contribution is -2.45. The van der Waals surface area contributed by atoms with Gasteiger partial charge in [0.25, 0.3) is 0 Å². The Kier molecular flexibility index (Phi) is 6.52. The molecule has 150 valence electrons. The highest BCUT2D eigenvalue weighted by Crippen LogP contribution is 2.29. The highest BCUT2D eigenvalue weighted by Gasteiger charge is 2.30. The first-order valence-electron chi connectivity index (χ1n) is 11.3. The van der Waals surface area contributed by atoms with Crippen molar-refractivity contribution >= 4 is 0 Å². The number of ether oxygens (including phenoxy) is 1. The molecule has 1 aromatic carbocycles. The number of nitrogens with zero attached hydrogens (tertiary/aromatic N) is 2. The summed E-state index contributed by atoms with van der Waals surface area (Å²) in [6, 6.07) is 9.81. The summed E-state index contributed by atoms with van der Waals surface area (Å²) in [6.45, 7) is 11.9. The van der Waals surface area contributed by atoms with Gasteiger partial charge in [0, 0.05) is 32.3 Å². The summed E-state index contributed by atoms with van der Waals surface area (Å²) in [6.07, 6.45) is 8.26. The van der Waals surface area contributed by atoms with Gasteiger partial charge in [-0.1, -0.05) is 38.1 Å². The van der Waals surface area contributed by atoms with Crippen molar-refractivity contribution in [1.82, 2.24) is 9.80 Å². The first-order valence-corrected chi connectivity index (χ1v) is 11.3. The van der Waals surface area contributed by atoms with Gasteiger partial charge < -0.3 is 9.64 Å². The smallest absolute Gasteiger partial charge is 0.0702 e. The average molecular weight is 371 g/mol. The van der Waals surface area contributed by atoms with Crippen LogP contribution in [0.4, 0.5) is 0 Å². The van der Waals surface area contributed by atoms with E-state index in [4.69, 9.17) is 4.74 Å². The zero-order valence-corrected chi connectivity index (χ0v) is 17.4. The van der Waals surface area contributed by atoms with Crippen molar-refractivity contribution in [2.24, 2.45) is 11.8 Å². The van der Waals surface area contributed by atoms with E-state index in [0.717, 1.165) is 31.0 Å². The molecule has 4 rings (SSSR count). The third-order valence-corrected chi connectivity index (χ3v) is 6.82. The molecule has 3 nitrogen and oxygen atoms in total. The molecule has 3 heteroatoms. The Hall–Kier alpha value is -0.900. The van der Waals surface area contributed by atoms with Crippen molar-refractivity contribution in [3.63, 3.8) is 0 Å². The average Bonchev–Trinajstić information content (AvgIpc) is 3.31. The Morgan fingerprint density at radius 2 is 1.74 bits per heavy atom. The largest absolute Gasteiger partial charge is 0.377 e. The van der Waals surface area contributed by atoms with Crippen LogP contribution in [0.15, 0.2) is 24.3 Å². The molecule has 0 spiro atoms. The van der Waals surface area contributed by atoms with Crippen molar-refractivity contribution in [3.8, 4) is 0 Å². The van der Waals surface area contributed by atoms with E-state index in [9.17, 15) is 0 Å². The zero-order valence-electron chi connectivity index (χ0n) is 17.4. The van der Waals surface area contributed by atoms with E-state index in [-0.39, 0.29) is 0 Å². The van der Waals surface area contributed by atoms with Gasteiger partial charge in [0.2, 0.25) is 0 Å². The minimum atomic E-state index is 0.487. The van der Waals surface area contributed by atoms with Crippen LogP contribution in [0.25, 0.3) is 0 Å². The second-order valence-electron chi connectivity index (χ2n) is 9.56. The molecule has 2 saturated heterocycles. The summed E-state index contributed by atoms with van der Waals surface area (Å²) in [5.41, 5.74) is 3.17. The summed E-state index contributed by atoms with van der Waals surface area (Å²) < 4.78 is 5.92. The van der Waals surface area contributed by atoms with E-state index < -0.39 is 0 Å². The highest BCUT2D eigenvalue weighted by atomic mass is 16.5. The normalized spacial score (nSPS) is 25.0. The van der Waals surface area contributed by atoms with E-state index in [2.05, 4.69) is 47.9 Å². The van der Waals surface area contributed by atoms with Gasteiger partial charge in [-0.05, 0) is 74.6 Å². The van der Waals surface area contributed by atoms with Crippen LogP contribution in [-0.2, 0) is 17.6 Å². The van der Waals surface area contributed by atoms with E-state index in [1.165, 1.54) is 64.7 Å². The third kappa shape index (κ3) is 5.13. The zero-order chi connectivity index (χ0) is 18.6. The molecule has 2 aliphatic heterocycles. The number of hydrogen-bond acceptors (Lipinski definition) is 3. The van der Waals surface area contributed by atoms with Crippen LogP contribution in [0.5, 0.6) is 0 Å². The maximum absolute atomic E-state index is 5.92. The quantitative estimate of drug-likeness (QED) is 0.721. The lowest BCUT2D eigenvalue weighted by atomic mass is 9.94. The molecule has 0 amide bonds. The summed E-state index contributed by atoms with van der Waals surface area (Å²) in [4.78, 5) is 5.50. The van der Waals surface area contributed by atoms with Gasteiger partial charge in [-0.25, -0.2) is 0 Å². The van der Waals surface area contributed by atoms with Crippen molar-refractivity contribution in [2.45, 2.75) is 64.5 Å². The molecule has 0 aromatic heterocycles. The first-order chi connectivity index (χ1) is 13.2.